The zero-order chi connectivity index (χ0) is 17.0. The van der Waals surface area contributed by atoms with Crippen LogP contribution in [0.1, 0.15) is 16.1 Å². The van der Waals surface area contributed by atoms with E-state index in [4.69, 9.17) is 4.42 Å². The van der Waals surface area contributed by atoms with Gasteiger partial charge < -0.3 is 9.32 Å². The molecule has 0 fully saturated rings. The predicted octanol–water partition coefficient (Wildman–Crippen LogP) is 2.78. The summed E-state index contributed by atoms with van der Waals surface area (Å²) in [4.78, 5) is 23.8. The number of benzene rings is 1. The SMILES string of the molecule is CN(C)c1oc(/C=N/NC(=O)c2cccc([N+](=O)[O-])c2)cc1Br. The number of carbonyl (C=O) groups is 1. The molecule has 0 saturated carbocycles. The van der Waals surface area contributed by atoms with Crippen LogP contribution in [0.4, 0.5) is 11.6 Å². The Morgan fingerprint density at radius 2 is 2.17 bits per heavy atom. The van der Waals surface area contributed by atoms with Gasteiger partial charge in [-0.15, -0.1) is 0 Å². The average Bonchev–Trinajstić information content (AvgIpc) is 2.88. The van der Waals surface area contributed by atoms with E-state index in [1.807, 2.05) is 14.1 Å². The lowest BCUT2D eigenvalue weighted by atomic mass is 10.2. The van der Waals surface area contributed by atoms with E-state index < -0.39 is 10.8 Å². The Morgan fingerprint density at radius 1 is 1.43 bits per heavy atom. The van der Waals surface area contributed by atoms with Gasteiger partial charge in [0.05, 0.1) is 15.6 Å². The summed E-state index contributed by atoms with van der Waals surface area (Å²) in [6.07, 6.45) is 1.34. The van der Waals surface area contributed by atoms with Gasteiger partial charge in [0, 0.05) is 37.9 Å². The topological polar surface area (TPSA) is 101 Å². The van der Waals surface area contributed by atoms with Crippen molar-refractivity contribution in [3.05, 3.63) is 56.2 Å². The summed E-state index contributed by atoms with van der Waals surface area (Å²) in [5, 5.41) is 14.5. The summed E-state index contributed by atoms with van der Waals surface area (Å²) >= 11 is 3.35. The molecule has 0 spiro atoms. The minimum atomic E-state index is -0.566. The number of non-ortho nitro benzene ring substituents is 1. The van der Waals surface area contributed by atoms with Gasteiger partial charge in [0.15, 0.2) is 5.76 Å². The Kier molecular flexibility index (Phi) is 5.12. The van der Waals surface area contributed by atoms with Crippen LogP contribution >= 0.6 is 15.9 Å². The first-order chi connectivity index (χ1) is 10.9. The first-order valence-electron chi connectivity index (χ1n) is 6.43. The van der Waals surface area contributed by atoms with Crippen molar-refractivity contribution < 1.29 is 14.1 Å². The van der Waals surface area contributed by atoms with Gasteiger partial charge in [-0.3, -0.25) is 14.9 Å². The molecule has 0 radical (unpaired) electrons. The highest BCUT2D eigenvalue weighted by Crippen LogP contribution is 2.27. The summed E-state index contributed by atoms with van der Waals surface area (Å²) < 4.78 is 6.26. The van der Waals surface area contributed by atoms with Crippen LogP contribution in [-0.2, 0) is 0 Å². The van der Waals surface area contributed by atoms with Crippen molar-refractivity contribution in [2.45, 2.75) is 0 Å². The van der Waals surface area contributed by atoms with Gasteiger partial charge in [0.1, 0.15) is 0 Å². The highest BCUT2D eigenvalue weighted by atomic mass is 79.9. The Hall–Kier alpha value is -2.68. The third-order valence-corrected chi connectivity index (χ3v) is 3.34. The van der Waals surface area contributed by atoms with Crippen LogP contribution < -0.4 is 10.3 Å². The molecule has 0 aliphatic rings. The van der Waals surface area contributed by atoms with Crippen LogP contribution in [0.2, 0.25) is 0 Å². The van der Waals surface area contributed by atoms with Crippen molar-refractivity contribution in [2.75, 3.05) is 19.0 Å². The van der Waals surface area contributed by atoms with E-state index in [0.717, 1.165) is 4.47 Å². The van der Waals surface area contributed by atoms with Crippen LogP contribution in [0.15, 0.2) is 44.3 Å². The van der Waals surface area contributed by atoms with Gasteiger partial charge in [-0.1, -0.05) is 6.07 Å². The number of carbonyl (C=O) groups excluding carboxylic acids is 1. The van der Waals surface area contributed by atoms with Gasteiger partial charge in [0.25, 0.3) is 11.6 Å². The Labute approximate surface area is 140 Å². The monoisotopic (exact) mass is 380 g/mol. The number of amides is 1. The predicted molar refractivity (Wildman–Crippen MR) is 88.9 cm³/mol. The molecule has 2 rings (SSSR count). The normalized spacial score (nSPS) is 10.7. The summed E-state index contributed by atoms with van der Waals surface area (Å²) in [6.45, 7) is 0. The maximum Gasteiger partial charge on any atom is 0.271 e. The second kappa shape index (κ2) is 7.05. The number of nitro benzene ring substituents is 1. The molecule has 0 saturated heterocycles. The molecule has 0 unspecified atom stereocenters. The number of furan rings is 1. The highest BCUT2D eigenvalue weighted by Gasteiger charge is 2.11. The summed E-state index contributed by atoms with van der Waals surface area (Å²) in [5.74, 6) is 0.514. The fourth-order valence-corrected chi connectivity index (χ4v) is 2.39. The number of halogens is 1. The van der Waals surface area contributed by atoms with E-state index in [-0.39, 0.29) is 11.3 Å². The molecule has 0 atom stereocenters. The lowest BCUT2D eigenvalue weighted by molar-refractivity contribution is -0.384. The fourth-order valence-electron chi connectivity index (χ4n) is 1.72. The van der Waals surface area contributed by atoms with Crippen molar-refractivity contribution in [1.29, 1.82) is 0 Å². The van der Waals surface area contributed by atoms with Crippen molar-refractivity contribution >= 4 is 39.6 Å². The third-order valence-electron chi connectivity index (χ3n) is 2.77. The van der Waals surface area contributed by atoms with E-state index >= 15 is 0 Å². The van der Waals surface area contributed by atoms with Gasteiger partial charge in [-0.25, -0.2) is 5.43 Å². The quantitative estimate of drug-likeness (QED) is 0.488. The maximum absolute atomic E-state index is 11.9. The molecule has 23 heavy (non-hydrogen) atoms. The molecule has 0 bridgehead atoms. The molecular weight excluding hydrogens is 368 g/mol. The van der Waals surface area contributed by atoms with Crippen LogP contribution in [0, 0.1) is 10.1 Å². The smallest absolute Gasteiger partial charge is 0.271 e. The second-order valence-corrected chi connectivity index (χ2v) is 5.56. The van der Waals surface area contributed by atoms with Crippen LogP contribution in [0.3, 0.4) is 0 Å². The van der Waals surface area contributed by atoms with E-state index in [1.165, 1.54) is 30.5 Å². The maximum atomic E-state index is 11.9. The number of hydrazone groups is 1. The van der Waals surface area contributed by atoms with Gasteiger partial charge in [-0.05, 0) is 22.0 Å². The number of nitrogens with one attached hydrogen (secondary N) is 1. The van der Waals surface area contributed by atoms with Crippen molar-refractivity contribution in [3.8, 4) is 0 Å². The number of rotatable bonds is 5. The van der Waals surface area contributed by atoms with Gasteiger partial charge in [-0.2, -0.15) is 5.10 Å². The van der Waals surface area contributed by atoms with E-state index in [1.54, 1.807) is 11.0 Å². The number of nitro groups is 1. The molecule has 1 heterocycles. The Balaban J connectivity index is 2.05. The number of nitrogens with zero attached hydrogens (tertiary/aromatic N) is 3. The lowest BCUT2D eigenvalue weighted by Gasteiger charge is -2.07. The van der Waals surface area contributed by atoms with Crippen molar-refractivity contribution in [3.63, 3.8) is 0 Å². The fraction of sp³-hybridized carbons (Fsp3) is 0.143. The van der Waals surface area contributed by atoms with E-state index in [0.29, 0.717) is 11.6 Å². The Bertz CT molecular complexity index is 770. The van der Waals surface area contributed by atoms with Crippen molar-refractivity contribution in [1.82, 2.24) is 5.43 Å². The van der Waals surface area contributed by atoms with E-state index in [9.17, 15) is 14.9 Å². The molecule has 1 N–H and O–H groups in total. The highest BCUT2D eigenvalue weighted by molar-refractivity contribution is 9.10. The first kappa shape index (κ1) is 16.7. The average molecular weight is 381 g/mol. The van der Waals surface area contributed by atoms with Crippen LogP contribution in [0.5, 0.6) is 0 Å². The van der Waals surface area contributed by atoms with Crippen LogP contribution in [0.25, 0.3) is 0 Å². The summed E-state index contributed by atoms with van der Waals surface area (Å²) in [6, 6.07) is 7.09. The number of anilines is 1. The standard InChI is InChI=1S/C14H13BrN4O4/c1-18(2)14-12(15)7-11(23-14)8-16-17-13(20)9-4-3-5-10(6-9)19(21)22/h3-8H,1-2H3,(H,17,20)/b16-8+. The van der Waals surface area contributed by atoms with Crippen LogP contribution in [-0.4, -0.2) is 31.1 Å². The molecule has 1 amide bonds. The molecule has 1 aromatic carbocycles. The molecule has 1 aromatic heterocycles. The van der Waals surface area contributed by atoms with E-state index in [2.05, 4.69) is 26.5 Å². The zero-order valence-electron chi connectivity index (χ0n) is 12.3. The second-order valence-electron chi connectivity index (χ2n) is 4.70. The molecule has 9 heteroatoms. The minimum Gasteiger partial charge on any atom is -0.438 e. The van der Waals surface area contributed by atoms with Gasteiger partial charge >= 0.3 is 0 Å². The summed E-state index contributed by atoms with van der Waals surface area (Å²) in [5.41, 5.74) is 2.27. The number of hydrogen-bond acceptors (Lipinski definition) is 6. The number of hydrogen-bond donors (Lipinski definition) is 1. The summed E-state index contributed by atoms with van der Waals surface area (Å²) in [7, 11) is 3.66. The molecule has 0 aliphatic heterocycles. The largest absolute Gasteiger partial charge is 0.438 e. The molecule has 8 nitrogen and oxygen atoms in total. The Morgan fingerprint density at radius 3 is 2.78 bits per heavy atom. The molecular formula is C14H13BrN4O4. The molecule has 2 aromatic rings. The molecule has 0 aliphatic carbocycles. The first-order valence-corrected chi connectivity index (χ1v) is 7.22. The third kappa shape index (κ3) is 4.16. The lowest BCUT2D eigenvalue weighted by Crippen LogP contribution is -2.17. The molecule has 120 valence electrons. The van der Waals surface area contributed by atoms with Gasteiger partial charge in [0.2, 0.25) is 5.88 Å². The zero-order valence-corrected chi connectivity index (χ0v) is 13.9. The van der Waals surface area contributed by atoms with Crippen molar-refractivity contribution in [2.24, 2.45) is 5.10 Å². The minimum absolute atomic E-state index is 0.144.